The highest BCUT2D eigenvalue weighted by atomic mass is 79.9. The van der Waals surface area contributed by atoms with Gasteiger partial charge in [-0.1, -0.05) is 11.6 Å². The molecule has 3 nitrogen and oxygen atoms in total. The Kier molecular flexibility index (Phi) is 2.91. The molecule has 0 unspecified atom stereocenters. The molecule has 0 amide bonds. The van der Waals surface area contributed by atoms with Crippen LogP contribution in [0.15, 0.2) is 16.6 Å². The number of hydrogen-bond donors (Lipinski definition) is 1. The lowest BCUT2D eigenvalue weighted by molar-refractivity contribution is 0.0696. The van der Waals surface area contributed by atoms with Crippen molar-refractivity contribution < 1.29 is 9.90 Å². The van der Waals surface area contributed by atoms with E-state index in [1.165, 1.54) is 12.1 Å². The van der Waals surface area contributed by atoms with Gasteiger partial charge in [0.05, 0.1) is 20.6 Å². The molecule has 66 valence electrons. The summed E-state index contributed by atoms with van der Waals surface area (Å²) in [5.41, 5.74) is 0.169. The van der Waals surface area contributed by atoms with E-state index in [4.69, 9.17) is 22.0 Å². The topological polar surface area (TPSA) is 61.1 Å². The summed E-state index contributed by atoms with van der Waals surface area (Å²) in [5.74, 6) is -1.10. The van der Waals surface area contributed by atoms with Crippen LogP contribution in [0.4, 0.5) is 0 Å². The molecule has 0 saturated carbocycles. The van der Waals surface area contributed by atoms with Crippen molar-refractivity contribution in [3.8, 4) is 6.07 Å². The Labute approximate surface area is 87.7 Å². The minimum absolute atomic E-state index is 0.0287. The number of nitriles is 1. The summed E-state index contributed by atoms with van der Waals surface area (Å²) in [7, 11) is 0. The zero-order valence-corrected chi connectivity index (χ0v) is 8.56. The van der Waals surface area contributed by atoms with Crippen molar-refractivity contribution in [1.82, 2.24) is 0 Å². The van der Waals surface area contributed by atoms with E-state index in [9.17, 15) is 4.79 Å². The van der Waals surface area contributed by atoms with Gasteiger partial charge in [-0.3, -0.25) is 0 Å². The van der Waals surface area contributed by atoms with E-state index in [1.54, 1.807) is 0 Å². The van der Waals surface area contributed by atoms with Crippen LogP contribution in [-0.4, -0.2) is 11.1 Å². The summed E-state index contributed by atoms with van der Waals surface area (Å²) < 4.78 is 0.218. The summed E-state index contributed by atoms with van der Waals surface area (Å²) in [6.07, 6.45) is 0. The summed E-state index contributed by atoms with van der Waals surface area (Å²) in [6.45, 7) is 0. The van der Waals surface area contributed by atoms with Gasteiger partial charge in [0.25, 0.3) is 0 Å². The van der Waals surface area contributed by atoms with Crippen LogP contribution in [0.25, 0.3) is 0 Å². The molecule has 0 atom stereocenters. The molecule has 0 fully saturated rings. The van der Waals surface area contributed by atoms with Gasteiger partial charge >= 0.3 is 5.97 Å². The molecule has 0 heterocycles. The van der Waals surface area contributed by atoms with Crippen LogP contribution in [0.3, 0.4) is 0 Å². The number of rotatable bonds is 1. The van der Waals surface area contributed by atoms with E-state index in [2.05, 4.69) is 15.9 Å². The van der Waals surface area contributed by atoms with E-state index >= 15 is 0 Å². The van der Waals surface area contributed by atoms with Crippen molar-refractivity contribution in [3.63, 3.8) is 0 Å². The quantitative estimate of drug-likeness (QED) is 0.844. The maximum atomic E-state index is 10.6. The Balaban J connectivity index is 3.47. The van der Waals surface area contributed by atoms with Crippen LogP contribution in [0.1, 0.15) is 15.9 Å². The molecule has 1 N–H and O–H groups in total. The lowest BCUT2D eigenvalue weighted by Gasteiger charge is -2.01. The normalized spacial score (nSPS) is 9.31. The smallest absolute Gasteiger partial charge is 0.336 e. The van der Waals surface area contributed by atoms with Crippen molar-refractivity contribution >= 4 is 33.5 Å². The van der Waals surface area contributed by atoms with Crippen molar-refractivity contribution in [3.05, 3.63) is 32.8 Å². The van der Waals surface area contributed by atoms with Crippen molar-refractivity contribution in [1.29, 1.82) is 5.26 Å². The monoisotopic (exact) mass is 259 g/mol. The Bertz CT molecular complexity index is 411. The molecule has 0 spiro atoms. The molecule has 1 aromatic rings. The fourth-order valence-corrected chi connectivity index (χ4v) is 1.74. The van der Waals surface area contributed by atoms with Crippen molar-refractivity contribution in [2.45, 2.75) is 0 Å². The maximum absolute atomic E-state index is 10.6. The summed E-state index contributed by atoms with van der Waals surface area (Å²) in [4.78, 5) is 10.6. The average Bonchev–Trinajstić information content (AvgIpc) is 2.04. The third-order valence-corrected chi connectivity index (χ3v) is 2.57. The third kappa shape index (κ3) is 1.82. The molecule has 0 aliphatic heterocycles. The number of carboxylic acids is 1. The van der Waals surface area contributed by atoms with Crippen LogP contribution < -0.4 is 0 Å². The zero-order chi connectivity index (χ0) is 10.0. The van der Waals surface area contributed by atoms with Gasteiger partial charge in [0, 0.05) is 0 Å². The highest BCUT2D eigenvalue weighted by Crippen LogP contribution is 2.27. The molecule has 0 radical (unpaired) electrons. The fraction of sp³-hybridized carbons (Fsp3) is 0. The van der Waals surface area contributed by atoms with Gasteiger partial charge in [0.15, 0.2) is 0 Å². The number of carbonyl (C=O) groups is 1. The first-order valence-corrected chi connectivity index (χ1v) is 4.36. The number of carboxylic acid groups (broad SMARTS) is 1. The molecule has 0 saturated heterocycles. The Hall–Kier alpha value is -1.05. The second-order valence-electron chi connectivity index (χ2n) is 2.20. The maximum Gasteiger partial charge on any atom is 0.336 e. The number of hydrogen-bond acceptors (Lipinski definition) is 2. The molecule has 1 aromatic carbocycles. The van der Waals surface area contributed by atoms with Crippen LogP contribution >= 0.6 is 27.5 Å². The molecule has 1 rings (SSSR count). The lowest BCUT2D eigenvalue weighted by Crippen LogP contribution is -1.99. The van der Waals surface area contributed by atoms with Crippen LogP contribution in [0.5, 0.6) is 0 Å². The first-order valence-electron chi connectivity index (χ1n) is 3.19. The number of nitrogens with zero attached hydrogens (tertiary/aromatic N) is 1. The van der Waals surface area contributed by atoms with E-state index in [1.807, 2.05) is 6.07 Å². The Morgan fingerprint density at radius 2 is 2.23 bits per heavy atom. The lowest BCUT2D eigenvalue weighted by atomic mass is 10.1. The standard InChI is InChI=1S/C8H3BrClNO2/c9-7-4(8(12)13)1-2-6(10)5(7)3-11/h1-2H,(H,12,13). The second-order valence-corrected chi connectivity index (χ2v) is 3.40. The molecule has 0 bridgehead atoms. The minimum Gasteiger partial charge on any atom is -0.478 e. The van der Waals surface area contributed by atoms with E-state index in [0.717, 1.165) is 0 Å². The molecule has 0 aliphatic carbocycles. The Morgan fingerprint density at radius 1 is 1.62 bits per heavy atom. The van der Waals surface area contributed by atoms with Gasteiger partial charge in [0.2, 0.25) is 0 Å². The van der Waals surface area contributed by atoms with Crippen LogP contribution in [-0.2, 0) is 0 Å². The van der Waals surface area contributed by atoms with Gasteiger partial charge in [0.1, 0.15) is 6.07 Å². The molecular weight excluding hydrogens is 257 g/mol. The van der Waals surface area contributed by atoms with Gasteiger partial charge in [-0.2, -0.15) is 5.26 Å². The van der Waals surface area contributed by atoms with E-state index in [-0.39, 0.29) is 20.6 Å². The molecule has 0 aliphatic rings. The van der Waals surface area contributed by atoms with Gasteiger partial charge in [-0.25, -0.2) is 4.79 Å². The minimum atomic E-state index is -1.10. The number of halogens is 2. The first kappa shape index (κ1) is 10.0. The van der Waals surface area contributed by atoms with Gasteiger partial charge in [-0.15, -0.1) is 0 Å². The molecule has 0 aromatic heterocycles. The summed E-state index contributed by atoms with van der Waals surface area (Å²) >= 11 is 8.67. The van der Waals surface area contributed by atoms with Crippen LogP contribution in [0, 0.1) is 11.3 Å². The summed E-state index contributed by atoms with van der Waals surface area (Å²) in [5, 5.41) is 17.6. The predicted molar refractivity (Wildman–Crippen MR) is 50.8 cm³/mol. The van der Waals surface area contributed by atoms with Gasteiger partial charge < -0.3 is 5.11 Å². The van der Waals surface area contributed by atoms with E-state index < -0.39 is 5.97 Å². The number of benzene rings is 1. The van der Waals surface area contributed by atoms with E-state index in [0.29, 0.717) is 0 Å². The molecule has 5 heteroatoms. The van der Waals surface area contributed by atoms with Crippen molar-refractivity contribution in [2.75, 3.05) is 0 Å². The zero-order valence-electron chi connectivity index (χ0n) is 6.21. The van der Waals surface area contributed by atoms with Crippen molar-refractivity contribution in [2.24, 2.45) is 0 Å². The highest BCUT2D eigenvalue weighted by Gasteiger charge is 2.14. The molecule has 13 heavy (non-hydrogen) atoms. The average molecular weight is 260 g/mol. The SMILES string of the molecule is N#Cc1c(Cl)ccc(C(=O)O)c1Br. The highest BCUT2D eigenvalue weighted by molar-refractivity contribution is 9.10. The van der Waals surface area contributed by atoms with Crippen LogP contribution in [0.2, 0.25) is 5.02 Å². The largest absolute Gasteiger partial charge is 0.478 e. The predicted octanol–water partition coefficient (Wildman–Crippen LogP) is 2.67. The Morgan fingerprint density at radius 3 is 2.69 bits per heavy atom. The first-order chi connectivity index (χ1) is 6.07. The number of aromatic carboxylic acids is 1. The molecular formula is C8H3BrClNO2. The summed E-state index contributed by atoms with van der Waals surface area (Å²) in [6, 6.07) is 4.54. The third-order valence-electron chi connectivity index (χ3n) is 1.43. The second kappa shape index (κ2) is 3.77. The fourth-order valence-electron chi connectivity index (χ4n) is 0.820. The van der Waals surface area contributed by atoms with Gasteiger partial charge in [-0.05, 0) is 28.1 Å².